The molecule has 0 rings (SSSR count). The first kappa shape index (κ1) is 47.1. The Morgan fingerprint density at radius 2 is 0.822 bits per heavy atom. The van der Waals surface area contributed by atoms with Gasteiger partial charge in [-0.3, -0.25) is 19.2 Å². The van der Waals surface area contributed by atoms with Crippen molar-refractivity contribution >= 4 is 23.8 Å². The lowest BCUT2D eigenvalue weighted by atomic mass is 10.1. The molecule has 0 bridgehead atoms. The van der Waals surface area contributed by atoms with Crippen LogP contribution in [0.2, 0.25) is 0 Å². The molecule has 14 heteroatoms. The molecule has 45 heavy (non-hydrogen) atoms. The SMILES string of the molecule is COCCOCC(C)C.COCCOCC(C)NC(=O)CCCCC(=O)NC(C)COCCOC.O=C(O)CCCCC(=O)O. The number of hydrogen-bond acceptors (Lipinski definition) is 10. The number of carbonyl (C=O) groups is 4. The highest BCUT2D eigenvalue weighted by molar-refractivity contribution is 5.77. The Morgan fingerprint density at radius 1 is 0.511 bits per heavy atom. The second-order valence-electron chi connectivity index (χ2n) is 10.7. The van der Waals surface area contributed by atoms with E-state index in [1.54, 1.807) is 21.3 Å². The minimum atomic E-state index is -0.870. The Hall–Kier alpha value is -2.36. The number of hydrogen-bond donors (Lipinski definition) is 4. The zero-order valence-electron chi connectivity index (χ0n) is 28.7. The van der Waals surface area contributed by atoms with Crippen LogP contribution in [0.15, 0.2) is 0 Å². The van der Waals surface area contributed by atoms with E-state index >= 15 is 0 Å². The van der Waals surface area contributed by atoms with E-state index < -0.39 is 11.9 Å². The monoisotopic (exact) mass is 654 g/mol. The normalized spacial score (nSPS) is 11.8. The summed E-state index contributed by atoms with van der Waals surface area (Å²) in [5.41, 5.74) is 0. The highest BCUT2D eigenvalue weighted by Crippen LogP contribution is 2.02. The first-order chi connectivity index (χ1) is 21.4. The first-order valence-electron chi connectivity index (χ1n) is 15.6. The molecule has 2 amide bonds. The van der Waals surface area contributed by atoms with Crippen LogP contribution in [0.1, 0.15) is 79.1 Å². The van der Waals surface area contributed by atoms with Gasteiger partial charge in [-0.25, -0.2) is 0 Å². The van der Waals surface area contributed by atoms with E-state index in [1.165, 1.54) is 0 Å². The van der Waals surface area contributed by atoms with Crippen LogP contribution in [0, 0.1) is 5.92 Å². The Morgan fingerprint density at radius 3 is 1.11 bits per heavy atom. The predicted molar refractivity (Wildman–Crippen MR) is 170 cm³/mol. The van der Waals surface area contributed by atoms with Gasteiger partial charge in [-0.1, -0.05) is 13.8 Å². The largest absolute Gasteiger partial charge is 0.481 e. The molecule has 0 heterocycles. The molecule has 0 saturated heterocycles. The minimum Gasteiger partial charge on any atom is -0.481 e. The van der Waals surface area contributed by atoms with Crippen LogP contribution in [0.3, 0.4) is 0 Å². The molecule has 0 aliphatic carbocycles. The van der Waals surface area contributed by atoms with Gasteiger partial charge in [-0.2, -0.15) is 0 Å². The van der Waals surface area contributed by atoms with Crippen molar-refractivity contribution in [3.05, 3.63) is 0 Å². The molecule has 0 aromatic rings. The van der Waals surface area contributed by atoms with E-state index in [9.17, 15) is 19.2 Å². The summed E-state index contributed by atoms with van der Waals surface area (Å²) in [5.74, 6) is -1.15. The summed E-state index contributed by atoms with van der Waals surface area (Å²) in [6.45, 7) is 13.3. The Bertz CT molecular complexity index is 660. The molecule has 268 valence electrons. The molecule has 0 saturated carbocycles. The smallest absolute Gasteiger partial charge is 0.303 e. The topological polar surface area (TPSA) is 188 Å². The fourth-order valence-electron chi connectivity index (χ4n) is 3.17. The molecular weight excluding hydrogens is 592 g/mol. The highest BCUT2D eigenvalue weighted by atomic mass is 16.5. The van der Waals surface area contributed by atoms with Crippen LogP contribution in [0.4, 0.5) is 0 Å². The quantitative estimate of drug-likeness (QED) is 0.0950. The second kappa shape index (κ2) is 36.1. The maximum absolute atomic E-state index is 11.8. The summed E-state index contributed by atoms with van der Waals surface area (Å²) in [4.78, 5) is 43.4. The van der Waals surface area contributed by atoms with Crippen molar-refractivity contribution in [2.75, 3.05) is 80.8 Å². The average molecular weight is 655 g/mol. The van der Waals surface area contributed by atoms with Crippen molar-refractivity contribution in [1.82, 2.24) is 10.6 Å². The number of amides is 2. The van der Waals surface area contributed by atoms with E-state index in [2.05, 4.69) is 24.5 Å². The number of rotatable bonds is 27. The van der Waals surface area contributed by atoms with Crippen molar-refractivity contribution < 1.29 is 57.8 Å². The molecule has 2 atom stereocenters. The summed E-state index contributed by atoms with van der Waals surface area (Å²) < 4.78 is 30.5. The number of unbranched alkanes of at least 4 members (excludes halogenated alkanes) is 2. The van der Waals surface area contributed by atoms with Crippen LogP contribution in [-0.4, -0.2) is 127 Å². The molecule has 0 aromatic heterocycles. The first-order valence-corrected chi connectivity index (χ1v) is 15.6. The number of carboxylic acid groups (broad SMARTS) is 2. The third kappa shape index (κ3) is 46.2. The standard InChI is InChI=1S/C18H36N2O6.C7H16O2.C6H10O4/c1-15(13-25-11-9-23-3)19-17(21)7-5-6-8-18(22)20-16(2)14-26-12-10-24-4;1-7(2)6-9-5-4-8-3;7-5(8)3-1-2-4-6(9)10/h15-16H,5-14H2,1-4H3,(H,19,21)(H,20,22);7H,4-6H2,1-3H3;1-4H2,(H,7,8)(H,9,10). The van der Waals surface area contributed by atoms with Gasteiger partial charge < -0.3 is 49.3 Å². The van der Waals surface area contributed by atoms with Crippen LogP contribution < -0.4 is 10.6 Å². The molecule has 4 N–H and O–H groups in total. The summed E-state index contributed by atoms with van der Waals surface area (Å²) in [7, 11) is 4.91. The summed E-state index contributed by atoms with van der Waals surface area (Å²) in [6.07, 6.45) is 3.19. The molecular formula is C31H62N2O12. The van der Waals surface area contributed by atoms with Gasteiger partial charge in [-0.05, 0) is 45.4 Å². The van der Waals surface area contributed by atoms with Gasteiger partial charge in [-0.15, -0.1) is 0 Å². The molecule has 14 nitrogen and oxygen atoms in total. The van der Waals surface area contributed by atoms with Crippen molar-refractivity contribution in [3.63, 3.8) is 0 Å². The zero-order valence-corrected chi connectivity index (χ0v) is 28.7. The van der Waals surface area contributed by atoms with E-state index in [4.69, 9.17) is 38.6 Å². The fraction of sp³-hybridized carbons (Fsp3) is 0.871. The van der Waals surface area contributed by atoms with Crippen molar-refractivity contribution in [1.29, 1.82) is 0 Å². The number of carboxylic acids is 2. The highest BCUT2D eigenvalue weighted by Gasteiger charge is 2.10. The Balaban J connectivity index is -0.000000754. The fourth-order valence-corrected chi connectivity index (χ4v) is 3.17. The molecule has 0 aromatic carbocycles. The summed E-state index contributed by atoms with van der Waals surface area (Å²) >= 11 is 0. The van der Waals surface area contributed by atoms with Crippen LogP contribution in [0.25, 0.3) is 0 Å². The van der Waals surface area contributed by atoms with E-state index in [-0.39, 0.29) is 36.7 Å². The van der Waals surface area contributed by atoms with Crippen LogP contribution >= 0.6 is 0 Å². The number of methoxy groups -OCH3 is 3. The van der Waals surface area contributed by atoms with E-state index in [1.807, 2.05) is 13.8 Å². The van der Waals surface area contributed by atoms with Gasteiger partial charge in [0.15, 0.2) is 0 Å². The molecule has 0 fully saturated rings. The van der Waals surface area contributed by atoms with Gasteiger partial charge in [0, 0.05) is 65.7 Å². The molecule has 0 spiro atoms. The predicted octanol–water partition coefficient (Wildman–Crippen LogP) is 2.90. The molecule has 2 unspecified atom stereocenters. The van der Waals surface area contributed by atoms with Gasteiger partial charge in [0.25, 0.3) is 0 Å². The Kier molecular flexibility index (Phi) is 37.8. The number of ether oxygens (including phenoxy) is 6. The number of aliphatic carboxylic acids is 2. The van der Waals surface area contributed by atoms with Crippen molar-refractivity contribution in [2.45, 2.75) is 91.1 Å². The van der Waals surface area contributed by atoms with Crippen LogP contribution in [-0.2, 0) is 47.6 Å². The lowest BCUT2D eigenvalue weighted by Crippen LogP contribution is -2.36. The third-order valence-electron chi connectivity index (χ3n) is 5.39. The van der Waals surface area contributed by atoms with Crippen LogP contribution in [0.5, 0.6) is 0 Å². The second-order valence-corrected chi connectivity index (χ2v) is 10.7. The van der Waals surface area contributed by atoms with Crippen molar-refractivity contribution in [3.8, 4) is 0 Å². The maximum Gasteiger partial charge on any atom is 0.303 e. The van der Waals surface area contributed by atoms with E-state index in [0.29, 0.717) is 97.3 Å². The molecule has 0 aliphatic rings. The zero-order chi connectivity index (χ0) is 34.7. The van der Waals surface area contributed by atoms with Gasteiger partial charge >= 0.3 is 11.9 Å². The van der Waals surface area contributed by atoms with Gasteiger partial charge in [0.2, 0.25) is 11.8 Å². The number of carbonyl (C=O) groups excluding carboxylic acids is 2. The van der Waals surface area contributed by atoms with Gasteiger partial charge in [0.1, 0.15) is 0 Å². The van der Waals surface area contributed by atoms with Crippen molar-refractivity contribution in [2.24, 2.45) is 5.92 Å². The summed E-state index contributed by atoms with van der Waals surface area (Å²) in [5, 5.41) is 22.0. The molecule has 0 aliphatic heterocycles. The number of nitrogens with one attached hydrogen (secondary N) is 2. The molecule has 0 radical (unpaired) electrons. The average Bonchev–Trinajstić information content (AvgIpc) is 2.96. The third-order valence-corrected chi connectivity index (χ3v) is 5.39. The lowest BCUT2D eigenvalue weighted by molar-refractivity contribution is -0.139. The Labute approximate surface area is 270 Å². The lowest BCUT2D eigenvalue weighted by Gasteiger charge is -2.15. The maximum atomic E-state index is 11.8. The summed E-state index contributed by atoms with van der Waals surface area (Å²) in [6, 6.07) is -0.0803. The van der Waals surface area contributed by atoms with E-state index in [0.717, 1.165) is 6.61 Å². The van der Waals surface area contributed by atoms with Gasteiger partial charge in [0.05, 0.1) is 52.9 Å². The minimum absolute atomic E-state index is 0.0202.